The third kappa shape index (κ3) is 2.90. The van der Waals surface area contributed by atoms with Gasteiger partial charge in [0, 0.05) is 0 Å². The van der Waals surface area contributed by atoms with Gasteiger partial charge < -0.3 is 34.3 Å². The lowest BCUT2D eigenvalue weighted by Crippen LogP contribution is -2.60. The van der Waals surface area contributed by atoms with Gasteiger partial charge in [-0.2, -0.15) is 0 Å². The van der Waals surface area contributed by atoms with Gasteiger partial charge in [0.25, 0.3) is 0 Å². The molecule has 1 fully saturated rings. The third-order valence-corrected chi connectivity index (χ3v) is 4.03. The van der Waals surface area contributed by atoms with Crippen molar-refractivity contribution in [2.24, 2.45) is 0 Å². The van der Waals surface area contributed by atoms with Crippen molar-refractivity contribution in [2.45, 2.75) is 37.6 Å². The molecule has 24 heavy (non-hydrogen) atoms. The predicted octanol–water partition coefficient (Wildman–Crippen LogP) is -0.720. The zero-order valence-corrected chi connectivity index (χ0v) is 12.8. The molecule has 1 aromatic heterocycles. The number of hydrogen-bond acceptors (Lipinski definition) is 8. The van der Waals surface area contributed by atoms with E-state index in [2.05, 4.69) is 0 Å². The van der Waals surface area contributed by atoms with Gasteiger partial charge in [0.1, 0.15) is 35.7 Å². The fraction of sp³-hybridized carbons (Fsp3) is 0.438. The van der Waals surface area contributed by atoms with Crippen molar-refractivity contribution in [1.82, 2.24) is 0 Å². The average molecular weight is 338 g/mol. The maximum atomic E-state index is 11.7. The van der Waals surface area contributed by atoms with E-state index in [0.29, 0.717) is 11.0 Å². The number of aliphatic hydroxyl groups excluding tert-OH is 4. The lowest BCUT2D eigenvalue weighted by atomic mass is 9.99. The van der Waals surface area contributed by atoms with Gasteiger partial charge >= 0.3 is 5.63 Å². The Morgan fingerprint density at radius 1 is 1.17 bits per heavy atom. The molecule has 0 radical (unpaired) electrons. The van der Waals surface area contributed by atoms with Crippen LogP contribution in [0.4, 0.5) is 0 Å². The molecule has 0 spiro atoms. The van der Waals surface area contributed by atoms with Gasteiger partial charge in [0.15, 0.2) is 0 Å². The van der Waals surface area contributed by atoms with Gasteiger partial charge in [-0.1, -0.05) is 12.1 Å². The minimum atomic E-state index is -1.56. The number of ether oxygens (including phenoxy) is 2. The normalized spacial score (nSPS) is 30.5. The Kier molecular flexibility index (Phi) is 4.57. The fourth-order valence-electron chi connectivity index (χ4n) is 2.74. The van der Waals surface area contributed by atoms with E-state index < -0.39 is 42.9 Å². The van der Waals surface area contributed by atoms with E-state index >= 15 is 0 Å². The van der Waals surface area contributed by atoms with Crippen LogP contribution < -0.4 is 10.4 Å². The fourth-order valence-corrected chi connectivity index (χ4v) is 2.74. The van der Waals surface area contributed by atoms with E-state index in [4.69, 9.17) is 13.9 Å². The number of fused-ring (bicyclic) bond motifs is 1. The molecule has 3 rings (SSSR count). The van der Waals surface area contributed by atoms with Crippen molar-refractivity contribution in [3.8, 4) is 5.75 Å². The molecule has 8 nitrogen and oxygen atoms in total. The van der Waals surface area contributed by atoms with E-state index in [-0.39, 0.29) is 5.75 Å². The van der Waals surface area contributed by atoms with E-state index in [0.717, 1.165) is 11.6 Å². The molecule has 0 saturated carbocycles. The molecule has 2 heterocycles. The van der Waals surface area contributed by atoms with Gasteiger partial charge in [0.2, 0.25) is 6.29 Å². The Morgan fingerprint density at radius 3 is 2.62 bits per heavy atom. The summed E-state index contributed by atoms with van der Waals surface area (Å²) in [7, 11) is 0. The third-order valence-electron chi connectivity index (χ3n) is 4.03. The highest BCUT2D eigenvalue weighted by atomic mass is 16.7. The lowest BCUT2D eigenvalue weighted by Gasteiger charge is -2.39. The molecule has 5 atom stereocenters. The summed E-state index contributed by atoms with van der Waals surface area (Å²) in [6.45, 7) is 1.23. The molecule has 8 heteroatoms. The molecule has 0 unspecified atom stereocenters. The summed E-state index contributed by atoms with van der Waals surface area (Å²) in [4.78, 5) is 11.7. The Labute approximate surface area is 136 Å². The summed E-state index contributed by atoms with van der Waals surface area (Å²) in [5, 5.41) is 39.4. The largest absolute Gasteiger partial charge is 0.461 e. The second-order valence-corrected chi connectivity index (χ2v) is 5.69. The first kappa shape index (κ1) is 16.9. The maximum absolute atomic E-state index is 11.7. The van der Waals surface area contributed by atoms with Crippen molar-refractivity contribution in [2.75, 3.05) is 6.61 Å². The number of rotatable bonds is 3. The van der Waals surface area contributed by atoms with Crippen LogP contribution in [0.5, 0.6) is 5.75 Å². The van der Waals surface area contributed by atoms with E-state index in [1.165, 1.54) is 0 Å². The predicted molar refractivity (Wildman–Crippen MR) is 81.6 cm³/mol. The first-order chi connectivity index (χ1) is 11.4. The Bertz CT molecular complexity index is 783. The average Bonchev–Trinajstić information content (AvgIpc) is 2.55. The molecule has 4 N–H and O–H groups in total. The van der Waals surface area contributed by atoms with Gasteiger partial charge in [-0.15, -0.1) is 0 Å². The molecule has 130 valence electrons. The summed E-state index contributed by atoms with van der Waals surface area (Å²) in [6, 6.07) is 6.22. The second-order valence-electron chi connectivity index (χ2n) is 5.69. The smallest absolute Gasteiger partial charge is 0.339 e. The summed E-state index contributed by atoms with van der Waals surface area (Å²) < 4.78 is 16.0. The van der Waals surface area contributed by atoms with Crippen LogP contribution in [0.15, 0.2) is 33.5 Å². The van der Waals surface area contributed by atoms with Crippen LogP contribution in [-0.4, -0.2) is 57.7 Å². The molecule has 0 amide bonds. The minimum Gasteiger partial charge on any atom is -0.461 e. The van der Waals surface area contributed by atoms with Crippen molar-refractivity contribution in [3.05, 3.63) is 40.2 Å². The summed E-state index contributed by atoms with van der Waals surface area (Å²) in [6.07, 6.45) is -7.07. The number of hydrogen-bond donors (Lipinski definition) is 4. The summed E-state index contributed by atoms with van der Waals surface area (Å²) in [5.41, 5.74) is 0.436. The highest BCUT2D eigenvalue weighted by Gasteiger charge is 2.44. The van der Waals surface area contributed by atoms with Crippen molar-refractivity contribution in [1.29, 1.82) is 0 Å². The highest BCUT2D eigenvalue weighted by molar-refractivity contribution is 5.86. The zero-order valence-electron chi connectivity index (χ0n) is 12.8. The van der Waals surface area contributed by atoms with Crippen LogP contribution >= 0.6 is 0 Å². The Morgan fingerprint density at radius 2 is 1.92 bits per heavy atom. The van der Waals surface area contributed by atoms with Crippen LogP contribution in [0.2, 0.25) is 0 Å². The van der Waals surface area contributed by atoms with Gasteiger partial charge in [-0.05, 0) is 18.6 Å². The summed E-state index contributed by atoms with van der Waals surface area (Å²) in [5.74, 6) is 0.115. The first-order valence-electron chi connectivity index (χ1n) is 7.43. The highest BCUT2D eigenvalue weighted by Crippen LogP contribution is 2.30. The van der Waals surface area contributed by atoms with Crippen LogP contribution in [-0.2, 0) is 4.74 Å². The molecule has 0 bridgehead atoms. The van der Waals surface area contributed by atoms with Crippen LogP contribution in [0.1, 0.15) is 5.56 Å². The molecule has 1 saturated heterocycles. The van der Waals surface area contributed by atoms with E-state index in [9.17, 15) is 25.2 Å². The number of aryl methyl sites for hydroxylation is 1. The van der Waals surface area contributed by atoms with Crippen molar-refractivity contribution < 1.29 is 34.3 Å². The number of benzene rings is 1. The second kappa shape index (κ2) is 6.50. The standard InChI is InChI=1S/C16H18O8/c1-7-3-2-4-8-12(7)9(5-11(18)22-8)23-16-15(21)14(20)13(19)10(6-17)24-16/h2-5,10,13-17,19-21H,6H2,1H3/t10-,13-,14+,15-,16+/m0/s1. The molecular formula is C16H18O8. The Balaban J connectivity index is 1.99. The molecular weight excluding hydrogens is 320 g/mol. The lowest BCUT2D eigenvalue weighted by molar-refractivity contribution is -0.277. The van der Waals surface area contributed by atoms with E-state index in [1.807, 2.05) is 0 Å². The zero-order chi connectivity index (χ0) is 17.4. The topological polar surface area (TPSA) is 130 Å². The molecule has 2 aromatic rings. The molecule has 1 aromatic carbocycles. The molecule has 1 aliphatic heterocycles. The Hall–Kier alpha value is -1.97. The molecule has 1 aliphatic rings. The first-order valence-corrected chi connectivity index (χ1v) is 7.43. The molecule has 0 aliphatic carbocycles. The monoisotopic (exact) mass is 338 g/mol. The van der Waals surface area contributed by atoms with Gasteiger partial charge in [-0.25, -0.2) is 4.79 Å². The SMILES string of the molecule is Cc1cccc2oc(=O)cc(O[C@@H]3O[C@@H](CO)[C@H](O)[C@@H](O)[C@@H]3O)c12. The van der Waals surface area contributed by atoms with Gasteiger partial charge in [-0.3, -0.25) is 0 Å². The maximum Gasteiger partial charge on any atom is 0.339 e. The van der Waals surface area contributed by atoms with Crippen molar-refractivity contribution >= 4 is 11.0 Å². The summed E-state index contributed by atoms with van der Waals surface area (Å²) >= 11 is 0. The van der Waals surface area contributed by atoms with Crippen LogP contribution in [0, 0.1) is 6.92 Å². The quantitative estimate of drug-likeness (QED) is 0.540. The van der Waals surface area contributed by atoms with Gasteiger partial charge in [0.05, 0.1) is 18.1 Å². The van der Waals surface area contributed by atoms with Crippen LogP contribution in [0.3, 0.4) is 0 Å². The number of aliphatic hydroxyl groups is 4. The van der Waals surface area contributed by atoms with Crippen LogP contribution in [0.25, 0.3) is 11.0 Å². The van der Waals surface area contributed by atoms with E-state index in [1.54, 1.807) is 25.1 Å². The minimum absolute atomic E-state index is 0.115. The van der Waals surface area contributed by atoms with Crippen molar-refractivity contribution in [3.63, 3.8) is 0 Å².